The summed E-state index contributed by atoms with van der Waals surface area (Å²) in [7, 11) is 0. The third-order valence-corrected chi connectivity index (χ3v) is 4.26. The molecule has 0 saturated carbocycles. The number of carboxylic acid groups (broad SMARTS) is 1. The van der Waals surface area contributed by atoms with Gasteiger partial charge < -0.3 is 9.67 Å². The topological polar surface area (TPSA) is 120 Å². The first-order valence-corrected chi connectivity index (χ1v) is 7.60. The number of aromatic nitrogens is 1. The highest BCUT2D eigenvalue weighted by Crippen LogP contribution is 2.27. The maximum Gasteiger partial charge on any atom is 0.335 e. The molecule has 1 aliphatic rings. The number of hydrogen-bond donors (Lipinski definition) is 1. The van der Waals surface area contributed by atoms with Gasteiger partial charge in [-0.3, -0.25) is 19.7 Å². The number of fused-ring (bicyclic) bond motifs is 1. The summed E-state index contributed by atoms with van der Waals surface area (Å²) in [6, 6.07) is 4.70. The fourth-order valence-electron chi connectivity index (χ4n) is 3.12. The number of aromatic carboxylic acids is 1. The average Bonchev–Trinajstić information content (AvgIpc) is 3.04. The van der Waals surface area contributed by atoms with E-state index >= 15 is 0 Å². The number of nitro benzene ring substituents is 1. The van der Waals surface area contributed by atoms with Crippen molar-refractivity contribution in [1.82, 2.24) is 4.57 Å². The van der Waals surface area contributed by atoms with E-state index in [0.29, 0.717) is 24.2 Å². The van der Waals surface area contributed by atoms with E-state index < -0.39 is 16.6 Å². The molecule has 128 valence electrons. The molecular formula is C17H14N2O6. The summed E-state index contributed by atoms with van der Waals surface area (Å²) < 4.78 is 1.49. The second-order valence-electron chi connectivity index (χ2n) is 5.87. The Morgan fingerprint density at radius 2 is 1.96 bits per heavy atom. The van der Waals surface area contributed by atoms with Crippen LogP contribution in [0, 0.1) is 10.1 Å². The van der Waals surface area contributed by atoms with E-state index in [1.807, 2.05) is 0 Å². The lowest BCUT2D eigenvalue weighted by Crippen LogP contribution is -2.23. The van der Waals surface area contributed by atoms with Crippen LogP contribution in [0.25, 0.3) is 11.1 Å². The van der Waals surface area contributed by atoms with Crippen molar-refractivity contribution in [3.05, 3.63) is 61.6 Å². The molecular weight excluding hydrogens is 328 g/mol. The number of benzene rings is 1. The van der Waals surface area contributed by atoms with Gasteiger partial charge in [-0.05, 0) is 37.5 Å². The fourth-order valence-corrected chi connectivity index (χ4v) is 3.12. The molecule has 2 aromatic rings. The quantitative estimate of drug-likeness (QED) is 0.517. The second kappa shape index (κ2) is 5.97. The van der Waals surface area contributed by atoms with Gasteiger partial charge in [-0.15, -0.1) is 0 Å². The number of rotatable bonds is 4. The van der Waals surface area contributed by atoms with Gasteiger partial charge in [-0.25, -0.2) is 4.79 Å². The second-order valence-corrected chi connectivity index (χ2v) is 5.87. The van der Waals surface area contributed by atoms with Crippen LogP contribution in [0.1, 0.15) is 39.8 Å². The van der Waals surface area contributed by atoms with Crippen LogP contribution in [0.3, 0.4) is 0 Å². The standard InChI is InChI=1S/C17H14N2O6/c1-9(20)13-8-14(16(21)18-4-2-3-15(13)18)10-5-11(17(22)23)7-12(6-10)19(24)25/h5-8H,2-4H2,1H3,(H,22,23). The van der Waals surface area contributed by atoms with E-state index in [4.69, 9.17) is 5.11 Å². The minimum absolute atomic E-state index is 0.0852. The Kier molecular flexibility index (Phi) is 3.96. The molecule has 0 aliphatic carbocycles. The summed E-state index contributed by atoms with van der Waals surface area (Å²) in [4.78, 5) is 46.3. The largest absolute Gasteiger partial charge is 0.478 e. The minimum atomic E-state index is -1.34. The van der Waals surface area contributed by atoms with Crippen molar-refractivity contribution in [1.29, 1.82) is 0 Å². The molecule has 1 aromatic heterocycles. The Bertz CT molecular complexity index is 957. The Hall–Kier alpha value is -3.29. The molecule has 0 bridgehead atoms. The van der Waals surface area contributed by atoms with Crippen molar-refractivity contribution in [3.63, 3.8) is 0 Å². The molecule has 1 N–H and O–H groups in total. The number of ketones is 1. The lowest BCUT2D eigenvalue weighted by Gasteiger charge is -2.12. The van der Waals surface area contributed by atoms with Crippen molar-refractivity contribution in [3.8, 4) is 11.1 Å². The van der Waals surface area contributed by atoms with Gasteiger partial charge >= 0.3 is 5.97 Å². The van der Waals surface area contributed by atoms with Gasteiger partial charge in [0.05, 0.1) is 10.5 Å². The van der Waals surface area contributed by atoms with E-state index in [2.05, 4.69) is 0 Å². The Morgan fingerprint density at radius 1 is 1.24 bits per heavy atom. The summed E-state index contributed by atoms with van der Waals surface area (Å²) in [6.45, 7) is 1.85. The van der Waals surface area contributed by atoms with Crippen molar-refractivity contribution in [2.24, 2.45) is 0 Å². The number of Topliss-reactive ketones (excluding diaryl/α,β-unsaturated/α-hetero) is 1. The minimum Gasteiger partial charge on any atom is -0.478 e. The maximum atomic E-state index is 12.7. The average molecular weight is 342 g/mol. The van der Waals surface area contributed by atoms with Gasteiger partial charge in [0.1, 0.15) is 0 Å². The Labute approximate surface area is 141 Å². The van der Waals surface area contributed by atoms with Crippen molar-refractivity contribution in [2.45, 2.75) is 26.3 Å². The SMILES string of the molecule is CC(=O)c1cc(-c2cc(C(=O)O)cc([N+](=O)[O-])c2)c(=O)n2c1CCC2. The van der Waals surface area contributed by atoms with E-state index in [-0.39, 0.29) is 28.0 Å². The van der Waals surface area contributed by atoms with Gasteiger partial charge in [-0.1, -0.05) is 0 Å². The Morgan fingerprint density at radius 3 is 2.56 bits per heavy atom. The number of carbonyl (C=O) groups excluding carboxylic acids is 1. The smallest absolute Gasteiger partial charge is 0.335 e. The van der Waals surface area contributed by atoms with Gasteiger partial charge in [0.2, 0.25) is 0 Å². The molecule has 0 amide bonds. The van der Waals surface area contributed by atoms with Crippen LogP contribution in [0.2, 0.25) is 0 Å². The van der Waals surface area contributed by atoms with Crippen LogP contribution in [0.4, 0.5) is 5.69 Å². The monoisotopic (exact) mass is 342 g/mol. The highest BCUT2D eigenvalue weighted by atomic mass is 16.6. The van der Waals surface area contributed by atoms with Crippen LogP contribution in [0.5, 0.6) is 0 Å². The van der Waals surface area contributed by atoms with E-state index in [1.54, 1.807) is 0 Å². The molecule has 0 radical (unpaired) electrons. The van der Waals surface area contributed by atoms with Gasteiger partial charge in [0.15, 0.2) is 5.78 Å². The third-order valence-electron chi connectivity index (χ3n) is 4.26. The highest BCUT2D eigenvalue weighted by molar-refractivity contribution is 5.97. The summed E-state index contributed by atoms with van der Waals surface area (Å²) in [5.41, 5.74) is 0.140. The lowest BCUT2D eigenvalue weighted by atomic mass is 9.99. The maximum absolute atomic E-state index is 12.7. The van der Waals surface area contributed by atoms with Crippen molar-refractivity contribution >= 4 is 17.4 Å². The van der Waals surface area contributed by atoms with Crippen LogP contribution in [-0.2, 0) is 13.0 Å². The first kappa shape index (κ1) is 16.6. The number of carboxylic acids is 1. The third kappa shape index (κ3) is 2.82. The van der Waals surface area contributed by atoms with Crippen LogP contribution in [0.15, 0.2) is 29.1 Å². The molecule has 3 rings (SSSR count). The van der Waals surface area contributed by atoms with E-state index in [1.165, 1.54) is 23.6 Å². The summed E-state index contributed by atoms with van der Waals surface area (Å²) >= 11 is 0. The van der Waals surface area contributed by atoms with Crippen molar-refractivity contribution in [2.75, 3.05) is 0 Å². The zero-order valence-electron chi connectivity index (χ0n) is 13.3. The molecule has 0 fully saturated rings. The van der Waals surface area contributed by atoms with Gasteiger partial charge in [-0.2, -0.15) is 0 Å². The fraction of sp³-hybridized carbons (Fsp3) is 0.235. The number of pyridine rings is 1. The van der Waals surface area contributed by atoms with Crippen LogP contribution < -0.4 is 5.56 Å². The predicted molar refractivity (Wildman–Crippen MR) is 88.1 cm³/mol. The molecule has 0 atom stereocenters. The zero-order chi connectivity index (χ0) is 18.3. The molecule has 0 saturated heterocycles. The number of hydrogen-bond acceptors (Lipinski definition) is 5. The first-order chi connectivity index (χ1) is 11.8. The first-order valence-electron chi connectivity index (χ1n) is 7.60. The molecule has 0 unspecified atom stereocenters. The van der Waals surface area contributed by atoms with Gasteiger partial charge in [0, 0.05) is 35.5 Å². The van der Waals surface area contributed by atoms with Gasteiger partial charge in [0.25, 0.3) is 11.2 Å². The number of carbonyl (C=O) groups is 2. The zero-order valence-corrected chi connectivity index (χ0v) is 13.3. The number of non-ortho nitro benzene ring substituents is 1. The molecule has 8 heteroatoms. The summed E-state index contributed by atoms with van der Waals surface area (Å²) in [5.74, 6) is -1.55. The van der Waals surface area contributed by atoms with Crippen molar-refractivity contribution < 1.29 is 19.6 Å². The molecule has 8 nitrogen and oxygen atoms in total. The van der Waals surface area contributed by atoms with Crippen LogP contribution >= 0.6 is 0 Å². The van der Waals surface area contributed by atoms with Crippen LogP contribution in [-0.4, -0.2) is 26.3 Å². The van der Waals surface area contributed by atoms with E-state index in [0.717, 1.165) is 18.6 Å². The number of nitrogens with zero attached hydrogens (tertiary/aromatic N) is 2. The van der Waals surface area contributed by atoms with E-state index in [9.17, 15) is 24.5 Å². The number of nitro groups is 1. The lowest BCUT2D eigenvalue weighted by molar-refractivity contribution is -0.384. The molecule has 1 aliphatic heterocycles. The molecule has 25 heavy (non-hydrogen) atoms. The molecule has 2 heterocycles. The summed E-state index contributed by atoms with van der Waals surface area (Å²) in [5, 5.41) is 20.3. The molecule has 1 aromatic carbocycles. The summed E-state index contributed by atoms with van der Waals surface area (Å²) in [6.07, 6.45) is 1.34. The highest BCUT2D eigenvalue weighted by Gasteiger charge is 2.23. The normalized spacial score (nSPS) is 12.7. The Balaban J connectivity index is 2.32. The predicted octanol–water partition coefficient (Wildman–Crippen LogP) is 2.27. The molecule has 0 spiro atoms.